The van der Waals surface area contributed by atoms with E-state index < -0.39 is 0 Å². The SMILES string of the molecule is COc1cc(C(=O)Nc2cc(C)c(O)cc2C)cc(OC)c1OC. The molecule has 0 atom stereocenters. The van der Waals surface area contributed by atoms with Crippen LogP contribution < -0.4 is 19.5 Å². The van der Waals surface area contributed by atoms with Crippen LogP contribution in [0.25, 0.3) is 0 Å². The Hall–Kier alpha value is -2.89. The highest BCUT2D eigenvalue weighted by molar-refractivity contribution is 6.05. The first-order valence-corrected chi connectivity index (χ1v) is 7.32. The Kier molecular flexibility index (Phi) is 5.18. The minimum Gasteiger partial charge on any atom is -0.508 e. The maximum atomic E-state index is 12.6. The maximum absolute atomic E-state index is 12.6. The van der Waals surface area contributed by atoms with Gasteiger partial charge in [-0.25, -0.2) is 0 Å². The molecule has 24 heavy (non-hydrogen) atoms. The van der Waals surface area contributed by atoms with Gasteiger partial charge in [-0.3, -0.25) is 4.79 Å². The molecule has 0 radical (unpaired) electrons. The van der Waals surface area contributed by atoms with Crippen LogP contribution in [-0.2, 0) is 0 Å². The summed E-state index contributed by atoms with van der Waals surface area (Å²) < 4.78 is 15.8. The third kappa shape index (κ3) is 3.37. The standard InChI is InChI=1S/C18H21NO5/c1-10-7-14(20)11(2)6-13(10)19-18(21)12-8-15(22-3)17(24-5)16(9-12)23-4/h6-9,20H,1-5H3,(H,19,21). The van der Waals surface area contributed by atoms with Crippen LogP contribution in [0.3, 0.4) is 0 Å². The largest absolute Gasteiger partial charge is 0.508 e. The first-order valence-electron chi connectivity index (χ1n) is 7.32. The molecule has 0 aromatic heterocycles. The molecule has 0 unspecified atom stereocenters. The van der Waals surface area contributed by atoms with E-state index in [2.05, 4.69) is 5.32 Å². The summed E-state index contributed by atoms with van der Waals surface area (Å²) in [5, 5.41) is 12.5. The number of aryl methyl sites for hydroxylation is 2. The summed E-state index contributed by atoms with van der Waals surface area (Å²) >= 11 is 0. The molecule has 0 saturated heterocycles. The zero-order valence-electron chi connectivity index (χ0n) is 14.4. The van der Waals surface area contributed by atoms with Crippen molar-refractivity contribution >= 4 is 11.6 Å². The number of aromatic hydroxyl groups is 1. The molecule has 0 heterocycles. The number of ether oxygens (including phenoxy) is 3. The van der Waals surface area contributed by atoms with Crippen LogP contribution in [0.4, 0.5) is 5.69 Å². The number of phenolic OH excluding ortho intramolecular Hbond substituents is 1. The number of nitrogens with one attached hydrogen (secondary N) is 1. The summed E-state index contributed by atoms with van der Waals surface area (Å²) in [6, 6.07) is 6.50. The molecule has 0 spiro atoms. The lowest BCUT2D eigenvalue weighted by atomic mass is 10.1. The molecule has 2 aromatic rings. The Labute approximate surface area is 141 Å². The molecule has 6 heteroatoms. The number of benzene rings is 2. The second kappa shape index (κ2) is 7.12. The minimum absolute atomic E-state index is 0.193. The molecule has 0 aliphatic carbocycles. The zero-order valence-corrected chi connectivity index (χ0v) is 14.4. The van der Waals surface area contributed by atoms with E-state index in [4.69, 9.17) is 14.2 Å². The highest BCUT2D eigenvalue weighted by Crippen LogP contribution is 2.38. The molecule has 0 saturated carbocycles. The first kappa shape index (κ1) is 17.5. The fraction of sp³-hybridized carbons (Fsp3) is 0.278. The van der Waals surface area contributed by atoms with Crippen molar-refractivity contribution in [2.24, 2.45) is 0 Å². The molecule has 0 fully saturated rings. The van der Waals surface area contributed by atoms with Crippen LogP contribution in [-0.4, -0.2) is 32.3 Å². The topological polar surface area (TPSA) is 77.0 Å². The lowest BCUT2D eigenvalue weighted by Crippen LogP contribution is -2.13. The van der Waals surface area contributed by atoms with Gasteiger partial charge in [-0.05, 0) is 49.2 Å². The number of amides is 1. The van der Waals surface area contributed by atoms with E-state index >= 15 is 0 Å². The summed E-state index contributed by atoms with van der Waals surface area (Å²) in [4.78, 5) is 12.6. The summed E-state index contributed by atoms with van der Waals surface area (Å²) in [6.45, 7) is 3.58. The van der Waals surface area contributed by atoms with Gasteiger partial charge in [-0.15, -0.1) is 0 Å². The van der Waals surface area contributed by atoms with Gasteiger partial charge in [0.1, 0.15) is 5.75 Å². The van der Waals surface area contributed by atoms with E-state index in [1.54, 1.807) is 31.2 Å². The van der Waals surface area contributed by atoms with Crippen LogP contribution in [0, 0.1) is 13.8 Å². The van der Waals surface area contributed by atoms with Crippen LogP contribution in [0.15, 0.2) is 24.3 Å². The summed E-state index contributed by atoms with van der Waals surface area (Å²) in [5.41, 5.74) is 2.44. The summed E-state index contributed by atoms with van der Waals surface area (Å²) in [7, 11) is 4.49. The van der Waals surface area contributed by atoms with E-state index in [0.29, 0.717) is 34.1 Å². The Bertz CT molecular complexity index is 745. The van der Waals surface area contributed by atoms with Gasteiger partial charge in [-0.2, -0.15) is 0 Å². The normalized spacial score (nSPS) is 10.2. The number of carbonyl (C=O) groups is 1. The summed E-state index contributed by atoms with van der Waals surface area (Å²) in [6.07, 6.45) is 0. The average molecular weight is 331 g/mol. The van der Waals surface area contributed by atoms with E-state index in [1.807, 2.05) is 6.92 Å². The number of hydrogen-bond donors (Lipinski definition) is 2. The number of phenols is 1. The van der Waals surface area contributed by atoms with Crippen molar-refractivity contribution in [1.82, 2.24) is 0 Å². The highest BCUT2D eigenvalue weighted by Gasteiger charge is 2.17. The molecular weight excluding hydrogens is 310 g/mol. The second-order valence-electron chi connectivity index (χ2n) is 5.32. The molecule has 0 aliphatic rings. The number of hydrogen-bond acceptors (Lipinski definition) is 5. The fourth-order valence-corrected chi connectivity index (χ4v) is 2.34. The van der Waals surface area contributed by atoms with Gasteiger partial charge in [0.05, 0.1) is 21.3 Å². The third-order valence-electron chi connectivity index (χ3n) is 3.72. The Morgan fingerprint density at radius 2 is 1.50 bits per heavy atom. The van der Waals surface area contributed by atoms with Gasteiger partial charge in [0.25, 0.3) is 5.91 Å². The van der Waals surface area contributed by atoms with Crippen molar-refractivity contribution in [3.63, 3.8) is 0 Å². The smallest absolute Gasteiger partial charge is 0.255 e. The van der Waals surface area contributed by atoms with Crippen molar-refractivity contribution in [3.05, 3.63) is 41.0 Å². The minimum atomic E-state index is -0.317. The predicted molar refractivity (Wildman–Crippen MR) is 91.6 cm³/mol. The molecule has 0 bridgehead atoms. The van der Waals surface area contributed by atoms with Gasteiger partial charge in [0.2, 0.25) is 5.75 Å². The van der Waals surface area contributed by atoms with Gasteiger partial charge >= 0.3 is 0 Å². The van der Waals surface area contributed by atoms with Crippen molar-refractivity contribution in [2.75, 3.05) is 26.6 Å². The van der Waals surface area contributed by atoms with Crippen LogP contribution in [0.5, 0.6) is 23.0 Å². The number of anilines is 1. The molecule has 1 amide bonds. The van der Waals surface area contributed by atoms with Crippen molar-refractivity contribution in [1.29, 1.82) is 0 Å². The molecule has 2 rings (SSSR count). The quantitative estimate of drug-likeness (QED) is 0.822. The average Bonchev–Trinajstić information content (AvgIpc) is 2.57. The lowest BCUT2D eigenvalue weighted by Gasteiger charge is -2.15. The van der Waals surface area contributed by atoms with Gasteiger partial charge in [0.15, 0.2) is 11.5 Å². The fourth-order valence-electron chi connectivity index (χ4n) is 2.34. The Balaban J connectivity index is 2.38. The monoisotopic (exact) mass is 331 g/mol. The van der Waals surface area contributed by atoms with Crippen LogP contribution in [0.2, 0.25) is 0 Å². The van der Waals surface area contributed by atoms with E-state index in [9.17, 15) is 9.90 Å². The number of carbonyl (C=O) groups excluding carboxylic acids is 1. The van der Waals surface area contributed by atoms with Crippen molar-refractivity contribution < 1.29 is 24.1 Å². The second-order valence-corrected chi connectivity index (χ2v) is 5.32. The molecule has 6 nitrogen and oxygen atoms in total. The van der Waals surface area contributed by atoms with Gasteiger partial charge in [0, 0.05) is 11.3 Å². The Morgan fingerprint density at radius 3 is 2.00 bits per heavy atom. The van der Waals surface area contributed by atoms with Crippen molar-refractivity contribution in [2.45, 2.75) is 13.8 Å². The third-order valence-corrected chi connectivity index (χ3v) is 3.72. The summed E-state index contributed by atoms with van der Waals surface area (Å²) in [5.74, 6) is 1.11. The number of rotatable bonds is 5. The van der Waals surface area contributed by atoms with Gasteiger partial charge in [-0.1, -0.05) is 0 Å². The van der Waals surface area contributed by atoms with Crippen LogP contribution >= 0.6 is 0 Å². The van der Waals surface area contributed by atoms with E-state index in [-0.39, 0.29) is 11.7 Å². The number of methoxy groups -OCH3 is 3. The first-order chi connectivity index (χ1) is 11.4. The molecule has 2 aromatic carbocycles. The highest BCUT2D eigenvalue weighted by atomic mass is 16.5. The maximum Gasteiger partial charge on any atom is 0.255 e. The molecular formula is C18H21NO5. The molecule has 2 N–H and O–H groups in total. The van der Waals surface area contributed by atoms with Crippen molar-refractivity contribution in [3.8, 4) is 23.0 Å². The van der Waals surface area contributed by atoms with E-state index in [1.165, 1.54) is 21.3 Å². The Morgan fingerprint density at radius 1 is 0.917 bits per heavy atom. The molecule has 0 aliphatic heterocycles. The van der Waals surface area contributed by atoms with Crippen LogP contribution in [0.1, 0.15) is 21.5 Å². The predicted octanol–water partition coefficient (Wildman–Crippen LogP) is 3.29. The molecule has 128 valence electrons. The van der Waals surface area contributed by atoms with Gasteiger partial charge < -0.3 is 24.6 Å². The zero-order chi connectivity index (χ0) is 17.9. The van der Waals surface area contributed by atoms with E-state index in [0.717, 1.165) is 5.56 Å². The lowest BCUT2D eigenvalue weighted by molar-refractivity contribution is 0.102.